The zero-order valence-electron chi connectivity index (χ0n) is 11.5. The van der Waals surface area contributed by atoms with Crippen molar-refractivity contribution in [2.45, 2.75) is 6.54 Å². The van der Waals surface area contributed by atoms with E-state index < -0.39 is 0 Å². The monoisotopic (exact) mass is 319 g/mol. The molecule has 0 N–H and O–H groups in total. The Kier molecular flexibility index (Phi) is 4.22. The Hall–Kier alpha value is -1.85. The van der Waals surface area contributed by atoms with Gasteiger partial charge in [0.2, 0.25) is 0 Å². The first kappa shape index (κ1) is 14.1. The molecule has 0 aliphatic heterocycles. The molecule has 0 spiro atoms. The summed E-state index contributed by atoms with van der Waals surface area (Å²) in [6.45, 7) is 0.719. The van der Waals surface area contributed by atoms with Crippen LogP contribution in [0.5, 0.6) is 5.75 Å². The third-order valence-electron chi connectivity index (χ3n) is 3.00. The second-order valence-corrected chi connectivity index (χ2v) is 5.89. The molecule has 0 atom stereocenters. The van der Waals surface area contributed by atoms with Crippen LogP contribution in [-0.2, 0) is 6.54 Å². The molecule has 0 aliphatic rings. The lowest BCUT2D eigenvalue weighted by atomic mass is 10.3. The topological polar surface area (TPSA) is 39.9 Å². The van der Waals surface area contributed by atoms with Gasteiger partial charge in [0, 0.05) is 17.6 Å². The molecule has 108 valence electrons. The van der Waals surface area contributed by atoms with Crippen LogP contribution in [0.2, 0.25) is 0 Å². The number of aromatic nitrogens is 3. The molecule has 2 aromatic heterocycles. The standard InChI is InChI=1S/C15H14ClN3OS/c1-20-12-3-4-13-14(8-12)21-15(18-13)5-2-11-9-17-19(10-11)7-6-16/h2-5,8-10H,6-7H2,1H3. The summed E-state index contributed by atoms with van der Waals surface area (Å²) < 4.78 is 8.17. The van der Waals surface area contributed by atoms with Gasteiger partial charge in [-0.2, -0.15) is 5.10 Å². The third-order valence-corrected chi connectivity index (χ3v) is 4.15. The fraction of sp³-hybridized carbons (Fsp3) is 0.200. The number of aryl methyl sites for hydroxylation is 1. The molecule has 6 heteroatoms. The highest BCUT2D eigenvalue weighted by atomic mass is 35.5. The lowest BCUT2D eigenvalue weighted by molar-refractivity contribution is 0.415. The van der Waals surface area contributed by atoms with E-state index in [1.54, 1.807) is 18.4 Å². The first-order valence-corrected chi connectivity index (χ1v) is 7.84. The fourth-order valence-electron chi connectivity index (χ4n) is 1.96. The number of nitrogens with zero attached hydrogens (tertiary/aromatic N) is 3. The van der Waals surface area contributed by atoms with Crippen LogP contribution in [0.3, 0.4) is 0 Å². The summed E-state index contributed by atoms with van der Waals surface area (Å²) in [7, 11) is 1.67. The minimum absolute atomic E-state index is 0.560. The number of rotatable bonds is 5. The van der Waals surface area contributed by atoms with E-state index in [2.05, 4.69) is 10.1 Å². The second-order valence-electron chi connectivity index (χ2n) is 4.44. The Labute approximate surface area is 131 Å². The molecule has 0 fully saturated rings. The van der Waals surface area contributed by atoms with E-state index in [9.17, 15) is 0 Å². The van der Waals surface area contributed by atoms with Crippen molar-refractivity contribution in [3.63, 3.8) is 0 Å². The molecule has 0 radical (unpaired) electrons. The van der Waals surface area contributed by atoms with Gasteiger partial charge in [-0.3, -0.25) is 4.68 Å². The zero-order valence-corrected chi connectivity index (χ0v) is 13.1. The van der Waals surface area contributed by atoms with Crippen LogP contribution < -0.4 is 4.74 Å². The molecule has 0 bridgehead atoms. The summed E-state index contributed by atoms with van der Waals surface area (Å²) in [6.07, 6.45) is 7.79. The molecule has 0 aliphatic carbocycles. The Balaban J connectivity index is 1.81. The predicted octanol–water partition coefficient (Wildman–Crippen LogP) is 3.91. The Morgan fingerprint density at radius 1 is 1.38 bits per heavy atom. The maximum absolute atomic E-state index is 5.69. The molecular weight excluding hydrogens is 306 g/mol. The smallest absolute Gasteiger partial charge is 0.120 e. The van der Waals surface area contributed by atoms with E-state index >= 15 is 0 Å². The van der Waals surface area contributed by atoms with Crippen LogP contribution in [0.4, 0.5) is 0 Å². The SMILES string of the molecule is COc1ccc2nc(C=Cc3cnn(CCCl)c3)sc2c1. The Morgan fingerprint density at radius 2 is 2.29 bits per heavy atom. The third kappa shape index (κ3) is 3.25. The van der Waals surface area contributed by atoms with Gasteiger partial charge in [0.1, 0.15) is 10.8 Å². The highest BCUT2D eigenvalue weighted by Crippen LogP contribution is 2.27. The number of methoxy groups -OCH3 is 1. The van der Waals surface area contributed by atoms with E-state index in [0.717, 1.165) is 33.1 Å². The van der Waals surface area contributed by atoms with Gasteiger partial charge in [-0.15, -0.1) is 22.9 Å². The number of ether oxygens (including phenoxy) is 1. The van der Waals surface area contributed by atoms with Gasteiger partial charge < -0.3 is 4.74 Å². The summed E-state index contributed by atoms with van der Waals surface area (Å²) in [5, 5.41) is 5.19. The number of hydrogen-bond acceptors (Lipinski definition) is 4. The molecule has 4 nitrogen and oxygen atoms in total. The van der Waals surface area contributed by atoms with Crippen molar-refractivity contribution in [1.29, 1.82) is 0 Å². The highest BCUT2D eigenvalue weighted by Gasteiger charge is 2.03. The minimum Gasteiger partial charge on any atom is -0.497 e. The van der Waals surface area contributed by atoms with Gasteiger partial charge >= 0.3 is 0 Å². The first-order valence-electron chi connectivity index (χ1n) is 6.49. The van der Waals surface area contributed by atoms with Crippen LogP contribution >= 0.6 is 22.9 Å². The quantitative estimate of drug-likeness (QED) is 0.669. The number of fused-ring (bicyclic) bond motifs is 1. The van der Waals surface area contributed by atoms with Gasteiger partial charge in [0.15, 0.2) is 0 Å². The van der Waals surface area contributed by atoms with E-state index in [-0.39, 0.29) is 0 Å². The van der Waals surface area contributed by atoms with E-state index in [0.29, 0.717) is 5.88 Å². The zero-order chi connectivity index (χ0) is 14.7. The van der Waals surface area contributed by atoms with E-state index in [1.165, 1.54) is 0 Å². The molecule has 0 amide bonds. The van der Waals surface area contributed by atoms with Crippen molar-refractivity contribution in [1.82, 2.24) is 14.8 Å². The van der Waals surface area contributed by atoms with Crippen LogP contribution in [-0.4, -0.2) is 27.8 Å². The summed E-state index contributed by atoms with van der Waals surface area (Å²) in [5.41, 5.74) is 2.02. The first-order chi connectivity index (χ1) is 10.3. The number of halogens is 1. The van der Waals surface area contributed by atoms with Crippen LogP contribution in [0.1, 0.15) is 10.6 Å². The molecule has 1 aromatic carbocycles. The second kappa shape index (κ2) is 6.28. The van der Waals surface area contributed by atoms with Crippen LogP contribution in [0.15, 0.2) is 30.6 Å². The van der Waals surface area contributed by atoms with E-state index in [1.807, 2.05) is 47.4 Å². The minimum atomic E-state index is 0.560. The Morgan fingerprint density at radius 3 is 3.10 bits per heavy atom. The van der Waals surface area contributed by atoms with Gasteiger partial charge in [-0.05, 0) is 30.4 Å². The molecular formula is C15H14ClN3OS. The lowest BCUT2D eigenvalue weighted by Crippen LogP contribution is -1.98. The van der Waals surface area contributed by atoms with Gasteiger partial charge in [0.05, 0.1) is 30.1 Å². The summed E-state index contributed by atoms with van der Waals surface area (Å²) >= 11 is 7.33. The average molecular weight is 320 g/mol. The largest absolute Gasteiger partial charge is 0.497 e. The summed E-state index contributed by atoms with van der Waals surface area (Å²) in [6, 6.07) is 5.90. The molecule has 2 heterocycles. The summed E-state index contributed by atoms with van der Waals surface area (Å²) in [4.78, 5) is 4.57. The molecule has 0 saturated heterocycles. The van der Waals surface area contributed by atoms with Crippen molar-refractivity contribution in [3.05, 3.63) is 41.2 Å². The number of benzene rings is 1. The fourth-order valence-corrected chi connectivity index (χ4v) is 3.03. The average Bonchev–Trinajstić information content (AvgIpc) is 3.10. The van der Waals surface area contributed by atoms with Crippen LogP contribution in [0.25, 0.3) is 22.4 Å². The normalized spacial score (nSPS) is 11.5. The van der Waals surface area contributed by atoms with E-state index in [4.69, 9.17) is 16.3 Å². The molecule has 3 rings (SSSR count). The van der Waals surface area contributed by atoms with Crippen molar-refractivity contribution in [2.24, 2.45) is 0 Å². The molecule has 0 saturated carbocycles. The maximum Gasteiger partial charge on any atom is 0.120 e. The molecule has 3 aromatic rings. The summed E-state index contributed by atoms with van der Waals surface area (Å²) in [5.74, 6) is 1.41. The Bertz CT molecular complexity index is 778. The highest BCUT2D eigenvalue weighted by molar-refractivity contribution is 7.19. The van der Waals surface area contributed by atoms with Crippen molar-refractivity contribution in [3.8, 4) is 5.75 Å². The number of thiazole rings is 1. The van der Waals surface area contributed by atoms with Gasteiger partial charge in [0.25, 0.3) is 0 Å². The van der Waals surface area contributed by atoms with Crippen molar-refractivity contribution < 1.29 is 4.74 Å². The van der Waals surface area contributed by atoms with Gasteiger partial charge in [-0.1, -0.05) is 0 Å². The number of hydrogen-bond donors (Lipinski definition) is 0. The van der Waals surface area contributed by atoms with Gasteiger partial charge in [-0.25, -0.2) is 4.98 Å². The molecule has 0 unspecified atom stereocenters. The lowest BCUT2D eigenvalue weighted by Gasteiger charge is -1.96. The maximum atomic E-state index is 5.69. The number of alkyl halides is 1. The molecule has 21 heavy (non-hydrogen) atoms. The van der Waals surface area contributed by atoms with Crippen LogP contribution in [0, 0.1) is 0 Å². The van der Waals surface area contributed by atoms with Crippen molar-refractivity contribution in [2.75, 3.05) is 13.0 Å². The van der Waals surface area contributed by atoms with Crippen molar-refractivity contribution >= 4 is 45.3 Å². The predicted molar refractivity (Wildman–Crippen MR) is 88.0 cm³/mol.